The van der Waals surface area contributed by atoms with Gasteiger partial charge in [0, 0.05) is 12.7 Å². The molecule has 2 aromatic rings. The van der Waals surface area contributed by atoms with E-state index in [2.05, 4.69) is 10.3 Å². The number of fused-ring (bicyclic) bond motifs is 1. The molecule has 0 atom stereocenters. The van der Waals surface area contributed by atoms with Gasteiger partial charge in [0.2, 0.25) is 0 Å². The second-order valence-electron chi connectivity index (χ2n) is 4.05. The summed E-state index contributed by atoms with van der Waals surface area (Å²) in [7, 11) is 0. The van der Waals surface area contributed by atoms with Gasteiger partial charge in [-0.2, -0.15) is 13.2 Å². The van der Waals surface area contributed by atoms with Crippen molar-refractivity contribution in [3.05, 3.63) is 35.3 Å². The molecule has 0 unspecified atom stereocenters. The van der Waals surface area contributed by atoms with Crippen molar-refractivity contribution in [3.8, 4) is 0 Å². The standard InChI is InChI=1S/C12H12F3N3O/c1-3-16-11(19)10-7(2)17-9-5-4-8(6-18(9)10)12(13,14)15/h4-6H,3H2,1-2H3,(H,16,19). The average molecular weight is 271 g/mol. The Bertz CT molecular complexity index is 631. The molecular formula is C12H12F3N3O. The molecule has 7 heteroatoms. The Morgan fingerprint density at radius 3 is 2.68 bits per heavy atom. The van der Waals surface area contributed by atoms with Crippen LogP contribution in [0.2, 0.25) is 0 Å². The predicted octanol–water partition coefficient (Wildman–Crippen LogP) is 2.41. The number of alkyl halides is 3. The molecule has 0 spiro atoms. The van der Waals surface area contributed by atoms with Gasteiger partial charge in [-0.25, -0.2) is 4.98 Å². The van der Waals surface area contributed by atoms with Gasteiger partial charge < -0.3 is 5.32 Å². The number of pyridine rings is 1. The Labute approximate surface area is 107 Å². The Morgan fingerprint density at radius 1 is 1.42 bits per heavy atom. The van der Waals surface area contributed by atoms with Gasteiger partial charge in [-0.1, -0.05) is 0 Å². The molecule has 19 heavy (non-hydrogen) atoms. The summed E-state index contributed by atoms with van der Waals surface area (Å²) in [6.07, 6.45) is -3.56. The predicted molar refractivity (Wildman–Crippen MR) is 62.9 cm³/mol. The maximum absolute atomic E-state index is 12.7. The highest BCUT2D eigenvalue weighted by atomic mass is 19.4. The minimum atomic E-state index is -4.45. The third kappa shape index (κ3) is 2.40. The largest absolute Gasteiger partial charge is 0.417 e. The van der Waals surface area contributed by atoms with Crippen LogP contribution >= 0.6 is 0 Å². The van der Waals surface area contributed by atoms with Crippen molar-refractivity contribution in [2.24, 2.45) is 0 Å². The Kier molecular flexibility index (Phi) is 3.21. The number of hydrogen-bond acceptors (Lipinski definition) is 2. The molecule has 2 aromatic heterocycles. The summed E-state index contributed by atoms with van der Waals surface area (Å²) < 4.78 is 39.2. The van der Waals surface area contributed by atoms with Gasteiger partial charge in [0.15, 0.2) is 0 Å². The highest BCUT2D eigenvalue weighted by molar-refractivity contribution is 5.94. The molecule has 0 aromatic carbocycles. The molecule has 0 saturated carbocycles. The van der Waals surface area contributed by atoms with E-state index in [0.717, 1.165) is 12.3 Å². The van der Waals surface area contributed by atoms with Crippen LogP contribution in [0.4, 0.5) is 13.2 Å². The van der Waals surface area contributed by atoms with Gasteiger partial charge in [-0.3, -0.25) is 9.20 Å². The number of imidazole rings is 1. The van der Waals surface area contributed by atoms with E-state index >= 15 is 0 Å². The van der Waals surface area contributed by atoms with E-state index in [4.69, 9.17) is 0 Å². The lowest BCUT2D eigenvalue weighted by molar-refractivity contribution is -0.137. The van der Waals surface area contributed by atoms with E-state index in [1.165, 1.54) is 10.5 Å². The molecule has 0 aliphatic carbocycles. The monoisotopic (exact) mass is 271 g/mol. The maximum atomic E-state index is 12.7. The number of carbonyl (C=O) groups is 1. The third-order valence-electron chi connectivity index (χ3n) is 2.67. The minimum absolute atomic E-state index is 0.128. The zero-order valence-electron chi connectivity index (χ0n) is 10.4. The number of amides is 1. The van der Waals surface area contributed by atoms with Crippen LogP contribution < -0.4 is 5.32 Å². The summed E-state index contributed by atoms with van der Waals surface area (Å²) in [6, 6.07) is 2.20. The summed E-state index contributed by atoms with van der Waals surface area (Å²) in [4.78, 5) is 15.9. The van der Waals surface area contributed by atoms with Crippen LogP contribution in [0.5, 0.6) is 0 Å². The van der Waals surface area contributed by atoms with E-state index in [1.54, 1.807) is 13.8 Å². The second kappa shape index (κ2) is 4.56. The van der Waals surface area contributed by atoms with Crippen LogP contribution in [0.3, 0.4) is 0 Å². The molecule has 4 nitrogen and oxygen atoms in total. The van der Waals surface area contributed by atoms with Crippen LogP contribution in [0, 0.1) is 6.92 Å². The fourth-order valence-corrected chi connectivity index (χ4v) is 1.85. The smallest absolute Gasteiger partial charge is 0.351 e. The van der Waals surface area contributed by atoms with Gasteiger partial charge in [0.25, 0.3) is 5.91 Å². The van der Waals surface area contributed by atoms with Gasteiger partial charge in [-0.15, -0.1) is 0 Å². The van der Waals surface area contributed by atoms with Crippen molar-refractivity contribution in [1.82, 2.24) is 14.7 Å². The molecule has 102 valence electrons. The highest BCUT2D eigenvalue weighted by Gasteiger charge is 2.31. The van der Waals surface area contributed by atoms with Gasteiger partial charge >= 0.3 is 6.18 Å². The molecule has 2 rings (SSSR count). The molecular weight excluding hydrogens is 259 g/mol. The molecule has 0 saturated heterocycles. The number of nitrogens with zero attached hydrogens (tertiary/aromatic N) is 2. The number of rotatable bonds is 2. The first-order valence-corrected chi connectivity index (χ1v) is 5.68. The molecule has 0 aliphatic heterocycles. The number of carbonyl (C=O) groups excluding carboxylic acids is 1. The first kappa shape index (κ1) is 13.4. The number of nitrogens with one attached hydrogen (secondary N) is 1. The zero-order chi connectivity index (χ0) is 14.2. The molecule has 2 heterocycles. The molecule has 0 radical (unpaired) electrons. The average Bonchev–Trinajstić information content (AvgIpc) is 2.62. The Morgan fingerprint density at radius 2 is 2.11 bits per heavy atom. The lowest BCUT2D eigenvalue weighted by Crippen LogP contribution is -2.25. The van der Waals surface area contributed by atoms with Crippen LogP contribution in [0.15, 0.2) is 18.3 Å². The SMILES string of the molecule is CCNC(=O)c1c(C)nc2ccc(C(F)(F)F)cn12. The first-order valence-electron chi connectivity index (χ1n) is 5.68. The summed E-state index contributed by atoms with van der Waals surface area (Å²) in [6.45, 7) is 3.72. The van der Waals surface area contributed by atoms with E-state index < -0.39 is 17.6 Å². The zero-order valence-corrected chi connectivity index (χ0v) is 10.4. The molecule has 0 bridgehead atoms. The third-order valence-corrected chi connectivity index (χ3v) is 2.67. The highest BCUT2D eigenvalue weighted by Crippen LogP contribution is 2.29. The Hall–Kier alpha value is -2.05. The number of halogens is 3. The fraction of sp³-hybridized carbons (Fsp3) is 0.333. The summed E-state index contributed by atoms with van der Waals surface area (Å²) >= 11 is 0. The second-order valence-corrected chi connectivity index (χ2v) is 4.05. The summed E-state index contributed by atoms with van der Waals surface area (Å²) in [5.74, 6) is -0.438. The van der Waals surface area contributed by atoms with Crippen LogP contribution in [0.1, 0.15) is 28.7 Å². The van der Waals surface area contributed by atoms with Crippen LogP contribution in [0.25, 0.3) is 5.65 Å². The van der Waals surface area contributed by atoms with E-state index in [-0.39, 0.29) is 5.69 Å². The molecule has 1 amide bonds. The van der Waals surface area contributed by atoms with Crippen molar-refractivity contribution < 1.29 is 18.0 Å². The van der Waals surface area contributed by atoms with Crippen LogP contribution in [-0.4, -0.2) is 21.8 Å². The lowest BCUT2D eigenvalue weighted by Gasteiger charge is -2.08. The summed E-state index contributed by atoms with van der Waals surface area (Å²) in [5, 5.41) is 2.56. The number of aromatic nitrogens is 2. The van der Waals surface area contributed by atoms with E-state index in [0.29, 0.717) is 17.9 Å². The van der Waals surface area contributed by atoms with Gasteiger partial charge in [0.1, 0.15) is 11.3 Å². The topological polar surface area (TPSA) is 46.4 Å². The summed E-state index contributed by atoms with van der Waals surface area (Å²) in [5.41, 5.74) is 0.0166. The fourth-order valence-electron chi connectivity index (χ4n) is 1.85. The van der Waals surface area contributed by atoms with Crippen LogP contribution in [-0.2, 0) is 6.18 Å². The molecule has 1 N–H and O–H groups in total. The van der Waals surface area contributed by atoms with Gasteiger partial charge in [0.05, 0.1) is 11.3 Å². The first-order chi connectivity index (χ1) is 8.84. The normalized spacial score (nSPS) is 11.8. The molecule has 0 aliphatic rings. The lowest BCUT2D eigenvalue weighted by atomic mass is 10.2. The van der Waals surface area contributed by atoms with Crippen molar-refractivity contribution in [2.75, 3.05) is 6.54 Å². The minimum Gasteiger partial charge on any atom is -0.351 e. The van der Waals surface area contributed by atoms with Crippen molar-refractivity contribution >= 4 is 11.6 Å². The Balaban J connectivity index is 2.63. The maximum Gasteiger partial charge on any atom is 0.417 e. The number of hydrogen-bond donors (Lipinski definition) is 1. The number of aryl methyl sites for hydroxylation is 1. The van der Waals surface area contributed by atoms with Crippen molar-refractivity contribution in [3.63, 3.8) is 0 Å². The van der Waals surface area contributed by atoms with Crippen molar-refractivity contribution in [1.29, 1.82) is 0 Å². The quantitative estimate of drug-likeness (QED) is 0.911. The van der Waals surface area contributed by atoms with Gasteiger partial charge in [-0.05, 0) is 26.0 Å². The molecule has 0 fully saturated rings. The van der Waals surface area contributed by atoms with Crippen molar-refractivity contribution in [2.45, 2.75) is 20.0 Å². The van der Waals surface area contributed by atoms with E-state index in [1.807, 2.05) is 0 Å². The van der Waals surface area contributed by atoms with E-state index in [9.17, 15) is 18.0 Å².